The summed E-state index contributed by atoms with van der Waals surface area (Å²) in [6.07, 6.45) is 12.6. The van der Waals surface area contributed by atoms with Crippen LogP contribution in [0.1, 0.15) is 25.7 Å². The molecule has 0 unspecified atom stereocenters. The molecule has 0 saturated carbocycles. The molecule has 0 bridgehead atoms. The van der Waals surface area contributed by atoms with Crippen molar-refractivity contribution in [2.24, 2.45) is 0 Å². The van der Waals surface area contributed by atoms with Crippen LogP contribution in [0.4, 0.5) is 11.4 Å². The van der Waals surface area contributed by atoms with Crippen molar-refractivity contribution in [1.29, 1.82) is 0 Å². The summed E-state index contributed by atoms with van der Waals surface area (Å²) in [5, 5.41) is 0.0759. The number of aromatic nitrogens is 4. The molecule has 0 spiro atoms. The summed E-state index contributed by atoms with van der Waals surface area (Å²) >= 11 is 6.31. The Kier molecular flexibility index (Phi) is 5.12. The van der Waals surface area contributed by atoms with Crippen LogP contribution >= 0.6 is 11.6 Å². The summed E-state index contributed by atoms with van der Waals surface area (Å²) in [6.45, 7) is 4.35. The van der Waals surface area contributed by atoms with Crippen LogP contribution in [0.3, 0.4) is 0 Å². The molecule has 0 radical (unpaired) electrons. The van der Waals surface area contributed by atoms with Crippen molar-refractivity contribution in [1.82, 2.24) is 9.97 Å². The lowest BCUT2D eigenvalue weighted by Crippen LogP contribution is -2.40. The highest BCUT2D eigenvalue weighted by atomic mass is 35.5. The smallest absolute Gasteiger partial charge is 0.371 e. The maximum atomic E-state index is 12.5. The molecule has 0 aromatic carbocycles. The summed E-state index contributed by atoms with van der Waals surface area (Å²) in [5.74, 6) is 0.850. The zero-order chi connectivity index (χ0) is 20.5. The lowest BCUT2D eigenvalue weighted by molar-refractivity contribution is -0.614. The standard InChI is InChI=1S/C22H24ClN6O/c23-19-20(28-13-5-17(6-14-28)26-9-1-2-10-26)24-22(25-21(19)30)29-15-7-18(8-16-29)27-11-3-4-12-27/h5-8,13-16H,1-4,9-12H2/q+1/p+1. The quantitative estimate of drug-likeness (QED) is 0.652. The number of hydrogen-bond donors (Lipinski definition) is 1. The average Bonchev–Trinajstić information content (AvgIpc) is 3.50. The van der Waals surface area contributed by atoms with Gasteiger partial charge in [-0.1, -0.05) is 11.6 Å². The first-order valence-corrected chi connectivity index (χ1v) is 10.9. The van der Waals surface area contributed by atoms with Crippen molar-refractivity contribution < 1.29 is 9.13 Å². The maximum absolute atomic E-state index is 12.5. The Morgan fingerprint density at radius 3 is 1.77 bits per heavy atom. The predicted molar refractivity (Wildman–Crippen MR) is 116 cm³/mol. The van der Waals surface area contributed by atoms with Crippen molar-refractivity contribution in [3.63, 3.8) is 0 Å². The lowest BCUT2D eigenvalue weighted by atomic mass is 10.3. The van der Waals surface area contributed by atoms with E-state index in [1.54, 1.807) is 9.13 Å². The van der Waals surface area contributed by atoms with Crippen LogP contribution < -0.4 is 24.5 Å². The van der Waals surface area contributed by atoms with Gasteiger partial charge in [0.15, 0.2) is 0 Å². The minimum absolute atomic E-state index is 0.0759. The molecular weight excluding hydrogens is 400 g/mol. The Morgan fingerprint density at radius 2 is 1.27 bits per heavy atom. The third kappa shape index (κ3) is 3.65. The van der Waals surface area contributed by atoms with Gasteiger partial charge >= 0.3 is 17.3 Å². The van der Waals surface area contributed by atoms with E-state index >= 15 is 0 Å². The van der Waals surface area contributed by atoms with Gasteiger partial charge in [-0.25, -0.2) is 13.9 Å². The van der Waals surface area contributed by atoms with E-state index < -0.39 is 0 Å². The number of halogens is 1. The summed E-state index contributed by atoms with van der Waals surface area (Å²) in [6, 6.07) is 8.19. The number of nitrogens with zero attached hydrogens (tertiary/aromatic N) is 5. The van der Waals surface area contributed by atoms with Gasteiger partial charge in [-0.05, 0) is 37.8 Å². The topological polar surface area (TPSA) is 60.0 Å². The van der Waals surface area contributed by atoms with Gasteiger partial charge in [0.25, 0.3) is 0 Å². The molecule has 5 heterocycles. The second-order valence-corrected chi connectivity index (χ2v) is 8.22. The number of H-pyrrole nitrogens is 1. The Morgan fingerprint density at radius 1 is 0.800 bits per heavy atom. The average molecular weight is 425 g/mol. The first kappa shape index (κ1) is 19.1. The van der Waals surface area contributed by atoms with E-state index in [1.807, 2.05) is 36.9 Å². The zero-order valence-corrected chi connectivity index (χ0v) is 17.6. The van der Waals surface area contributed by atoms with Crippen LogP contribution in [0, 0.1) is 0 Å². The second-order valence-electron chi connectivity index (χ2n) is 7.84. The molecule has 2 aliphatic rings. The molecule has 1 N–H and O–H groups in total. The van der Waals surface area contributed by atoms with E-state index in [-0.39, 0.29) is 10.6 Å². The van der Waals surface area contributed by atoms with Gasteiger partial charge in [-0.15, -0.1) is 0 Å². The van der Waals surface area contributed by atoms with Crippen LogP contribution in [0.5, 0.6) is 0 Å². The minimum Gasteiger partial charge on any atom is -0.371 e. The number of hydrogen-bond acceptors (Lipinski definition) is 4. The van der Waals surface area contributed by atoms with Crippen LogP contribution in [-0.2, 0) is 0 Å². The van der Waals surface area contributed by atoms with E-state index in [2.05, 4.69) is 31.9 Å². The zero-order valence-electron chi connectivity index (χ0n) is 16.8. The molecule has 0 aliphatic carbocycles. The normalized spacial score (nSPS) is 16.4. The summed E-state index contributed by atoms with van der Waals surface area (Å²) in [5.41, 5.74) is 2.01. The lowest BCUT2D eigenvalue weighted by Gasteiger charge is -2.17. The van der Waals surface area contributed by atoms with Crippen LogP contribution in [0.25, 0.3) is 11.8 Å². The molecule has 8 heteroatoms. The first-order chi connectivity index (χ1) is 14.7. The van der Waals surface area contributed by atoms with Crippen molar-refractivity contribution in [2.75, 3.05) is 36.0 Å². The van der Waals surface area contributed by atoms with Crippen LogP contribution in [0.15, 0.2) is 53.8 Å². The molecule has 3 aromatic rings. The number of anilines is 2. The molecule has 2 saturated heterocycles. The molecule has 0 amide bonds. The highest BCUT2D eigenvalue weighted by Gasteiger charge is 2.25. The Labute approximate surface area is 180 Å². The van der Waals surface area contributed by atoms with E-state index in [1.165, 1.54) is 37.1 Å². The predicted octanol–water partition coefficient (Wildman–Crippen LogP) is 2.18. The van der Waals surface area contributed by atoms with Gasteiger partial charge in [0, 0.05) is 54.7 Å². The molecular formula is C22H25ClN6O+2. The SMILES string of the molecule is O=c1[nH]c(-[n+]2ccc(N3CCCC3)cc2)nc(-[n+]2ccc(N3CCCC3)cc2)c1Cl. The monoisotopic (exact) mass is 424 g/mol. The van der Waals surface area contributed by atoms with E-state index in [9.17, 15) is 4.79 Å². The van der Waals surface area contributed by atoms with E-state index in [0.29, 0.717) is 11.8 Å². The highest BCUT2D eigenvalue weighted by molar-refractivity contribution is 6.31. The number of aromatic amines is 1. The fourth-order valence-corrected chi connectivity index (χ4v) is 4.41. The third-order valence-electron chi connectivity index (χ3n) is 5.89. The number of nitrogens with one attached hydrogen (secondary N) is 1. The molecule has 30 heavy (non-hydrogen) atoms. The van der Waals surface area contributed by atoms with Gasteiger partial charge in [0.2, 0.25) is 5.02 Å². The second kappa shape index (κ2) is 8.07. The molecule has 0 atom stereocenters. The molecule has 2 fully saturated rings. The fraction of sp³-hybridized carbons (Fsp3) is 0.364. The van der Waals surface area contributed by atoms with Crippen LogP contribution in [0.2, 0.25) is 5.02 Å². The number of rotatable bonds is 4. The van der Waals surface area contributed by atoms with Gasteiger partial charge in [-0.2, -0.15) is 4.98 Å². The van der Waals surface area contributed by atoms with Gasteiger partial charge in [-0.3, -0.25) is 0 Å². The maximum Gasteiger partial charge on any atom is 0.443 e. The largest absolute Gasteiger partial charge is 0.443 e. The summed E-state index contributed by atoms with van der Waals surface area (Å²) < 4.78 is 3.60. The number of pyridine rings is 2. The Balaban J connectivity index is 1.46. The summed E-state index contributed by atoms with van der Waals surface area (Å²) in [4.78, 5) is 24.6. The first-order valence-electron chi connectivity index (χ1n) is 10.5. The Hall–Kier alpha value is -2.93. The fourth-order valence-electron chi connectivity index (χ4n) is 4.22. The van der Waals surface area contributed by atoms with Crippen molar-refractivity contribution in [3.05, 3.63) is 64.4 Å². The van der Waals surface area contributed by atoms with Crippen LogP contribution in [-0.4, -0.2) is 36.1 Å². The van der Waals surface area contributed by atoms with Crippen molar-refractivity contribution in [2.45, 2.75) is 25.7 Å². The molecule has 154 valence electrons. The third-order valence-corrected chi connectivity index (χ3v) is 6.23. The minimum atomic E-state index is -0.357. The van der Waals surface area contributed by atoms with E-state index in [4.69, 9.17) is 11.6 Å². The molecule has 2 aliphatic heterocycles. The van der Waals surface area contributed by atoms with Crippen molar-refractivity contribution >= 4 is 23.0 Å². The van der Waals surface area contributed by atoms with Crippen molar-refractivity contribution in [3.8, 4) is 11.8 Å². The highest BCUT2D eigenvalue weighted by Crippen LogP contribution is 2.20. The molecule has 5 rings (SSSR count). The molecule has 3 aromatic heterocycles. The van der Waals surface area contributed by atoms with E-state index in [0.717, 1.165) is 26.2 Å². The van der Waals surface area contributed by atoms with Gasteiger partial charge in [0.1, 0.15) is 0 Å². The van der Waals surface area contributed by atoms with Gasteiger partial charge < -0.3 is 9.80 Å². The summed E-state index contributed by atoms with van der Waals surface area (Å²) in [7, 11) is 0. The van der Waals surface area contributed by atoms with Gasteiger partial charge in [0.05, 0.1) is 24.8 Å². The molecule has 7 nitrogen and oxygen atoms in total. The Bertz CT molecular complexity index is 1080.